The molecule has 1 atom stereocenters. The number of nitrogens with one attached hydrogen (secondary N) is 2. The van der Waals surface area contributed by atoms with Gasteiger partial charge in [0.2, 0.25) is 0 Å². The molecule has 18 heavy (non-hydrogen) atoms. The molecule has 0 radical (unpaired) electrons. The quantitative estimate of drug-likeness (QED) is 0.829. The molecule has 1 fully saturated rings. The lowest BCUT2D eigenvalue weighted by Crippen LogP contribution is -2.21. The van der Waals surface area contributed by atoms with E-state index >= 15 is 0 Å². The van der Waals surface area contributed by atoms with E-state index in [0.717, 1.165) is 5.56 Å². The summed E-state index contributed by atoms with van der Waals surface area (Å²) in [7, 11) is 0. The van der Waals surface area contributed by atoms with Crippen LogP contribution in [0.5, 0.6) is 0 Å². The molecule has 1 aliphatic rings. The van der Waals surface area contributed by atoms with Crippen LogP contribution in [0, 0.1) is 0 Å². The molecule has 90 valence electrons. The molecule has 0 spiro atoms. The summed E-state index contributed by atoms with van der Waals surface area (Å²) in [6, 6.07) is 18.6. The molecule has 1 aliphatic heterocycles. The summed E-state index contributed by atoms with van der Waals surface area (Å²) in [6.07, 6.45) is 0. The van der Waals surface area contributed by atoms with E-state index in [9.17, 15) is 4.79 Å². The summed E-state index contributed by atoms with van der Waals surface area (Å²) in [5.41, 5.74) is 3.53. The fourth-order valence-electron chi connectivity index (χ4n) is 2.19. The molecule has 3 nitrogen and oxygen atoms in total. The van der Waals surface area contributed by atoms with Crippen molar-refractivity contribution in [2.45, 2.75) is 6.04 Å². The average molecular weight is 238 g/mol. The summed E-state index contributed by atoms with van der Waals surface area (Å²) in [5.74, 6) is 0. The highest BCUT2D eigenvalue weighted by Gasteiger charge is 2.20. The molecule has 0 aliphatic carbocycles. The van der Waals surface area contributed by atoms with Crippen LogP contribution < -0.4 is 10.6 Å². The molecule has 1 heterocycles. The highest BCUT2D eigenvalue weighted by molar-refractivity contribution is 5.77. The van der Waals surface area contributed by atoms with E-state index < -0.39 is 0 Å². The number of hydrogen-bond donors (Lipinski definition) is 2. The Labute approximate surface area is 106 Å². The Morgan fingerprint density at radius 1 is 0.889 bits per heavy atom. The van der Waals surface area contributed by atoms with E-state index in [1.807, 2.05) is 18.2 Å². The number of carbonyl (C=O) groups excluding carboxylic acids is 1. The molecular formula is C15H14N2O. The fourth-order valence-corrected chi connectivity index (χ4v) is 2.19. The van der Waals surface area contributed by atoms with Crippen LogP contribution in [0.3, 0.4) is 0 Å². The van der Waals surface area contributed by atoms with Crippen molar-refractivity contribution >= 4 is 6.03 Å². The zero-order chi connectivity index (χ0) is 12.4. The van der Waals surface area contributed by atoms with Crippen LogP contribution in [0.15, 0.2) is 54.6 Å². The van der Waals surface area contributed by atoms with Crippen LogP contribution in [-0.4, -0.2) is 12.6 Å². The topological polar surface area (TPSA) is 41.1 Å². The average Bonchev–Trinajstić information content (AvgIpc) is 2.87. The van der Waals surface area contributed by atoms with Crippen LogP contribution in [-0.2, 0) is 0 Å². The number of amides is 2. The molecule has 3 rings (SSSR count). The first-order chi connectivity index (χ1) is 8.83. The van der Waals surface area contributed by atoms with Crippen molar-refractivity contribution in [3.8, 4) is 11.1 Å². The lowest BCUT2D eigenvalue weighted by molar-refractivity contribution is 0.247. The van der Waals surface area contributed by atoms with Crippen molar-refractivity contribution in [2.75, 3.05) is 6.54 Å². The second kappa shape index (κ2) is 4.53. The van der Waals surface area contributed by atoms with Crippen molar-refractivity contribution in [3.63, 3.8) is 0 Å². The minimum absolute atomic E-state index is 0.0855. The minimum Gasteiger partial charge on any atom is -0.336 e. The second-order valence-corrected chi connectivity index (χ2v) is 4.39. The van der Waals surface area contributed by atoms with Crippen molar-refractivity contribution in [3.05, 3.63) is 60.2 Å². The third-order valence-corrected chi connectivity index (χ3v) is 3.19. The number of hydrogen-bond acceptors (Lipinski definition) is 1. The van der Waals surface area contributed by atoms with Gasteiger partial charge >= 0.3 is 6.03 Å². The number of benzene rings is 2. The maximum absolute atomic E-state index is 11.1. The molecule has 2 aromatic carbocycles. The summed E-state index contributed by atoms with van der Waals surface area (Å²) >= 11 is 0. The van der Waals surface area contributed by atoms with Crippen LogP contribution in [0.2, 0.25) is 0 Å². The van der Waals surface area contributed by atoms with Gasteiger partial charge in [-0.2, -0.15) is 0 Å². The van der Waals surface area contributed by atoms with Crippen LogP contribution in [0.25, 0.3) is 11.1 Å². The first-order valence-electron chi connectivity index (χ1n) is 6.03. The summed E-state index contributed by atoms with van der Waals surface area (Å²) in [6.45, 7) is 0.656. The number of urea groups is 1. The fraction of sp³-hybridized carbons (Fsp3) is 0.133. The monoisotopic (exact) mass is 238 g/mol. The predicted octanol–water partition coefficient (Wildman–Crippen LogP) is 2.71. The molecule has 0 bridgehead atoms. The normalized spacial score (nSPS) is 18.2. The lowest BCUT2D eigenvalue weighted by atomic mass is 10.0. The maximum Gasteiger partial charge on any atom is 0.315 e. The van der Waals surface area contributed by atoms with Crippen molar-refractivity contribution in [2.24, 2.45) is 0 Å². The Bertz CT molecular complexity index is 548. The predicted molar refractivity (Wildman–Crippen MR) is 71.2 cm³/mol. The first-order valence-corrected chi connectivity index (χ1v) is 6.03. The summed E-state index contributed by atoms with van der Waals surface area (Å²) < 4.78 is 0. The van der Waals surface area contributed by atoms with Gasteiger partial charge in [0.1, 0.15) is 0 Å². The summed E-state index contributed by atoms with van der Waals surface area (Å²) in [5, 5.41) is 5.64. The molecule has 0 aromatic heterocycles. The number of carbonyl (C=O) groups is 1. The van der Waals surface area contributed by atoms with E-state index in [-0.39, 0.29) is 12.1 Å². The van der Waals surface area contributed by atoms with Gasteiger partial charge in [0.25, 0.3) is 0 Å². The molecule has 1 saturated heterocycles. The Morgan fingerprint density at radius 2 is 1.56 bits per heavy atom. The smallest absolute Gasteiger partial charge is 0.315 e. The van der Waals surface area contributed by atoms with E-state index in [4.69, 9.17) is 0 Å². The van der Waals surface area contributed by atoms with Crippen molar-refractivity contribution in [1.29, 1.82) is 0 Å². The molecular weight excluding hydrogens is 224 g/mol. The van der Waals surface area contributed by atoms with Crippen LogP contribution in [0.4, 0.5) is 4.79 Å². The van der Waals surface area contributed by atoms with E-state index in [2.05, 4.69) is 47.0 Å². The SMILES string of the molecule is O=C1NCC(c2ccc(-c3ccccc3)cc2)N1. The highest BCUT2D eigenvalue weighted by atomic mass is 16.2. The van der Waals surface area contributed by atoms with Gasteiger partial charge in [-0.3, -0.25) is 0 Å². The van der Waals surface area contributed by atoms with E-state index in [1.54, 1.807) is 0 Å². The Kier molecular flexibility index (Phi) is 2.73. The van der Waals surface area contributed by atoms with E-state index in [1.165, 1.54) is 11.1 Å². The molecule has 2 amide bonds. The zero-order valence-corrected chi connectivity index (χ0v) is 9.89. The van der Waals surface area contributed by atoms with Gasteiger partial charge in [-0.05, 0) is 16.7 Å². The molecule has 3 heteroatoms. The van der Waals surface area contributed by atoms with Crippen LogP contribution in [0.1, 0.15) is 11.6 Å². The lowest BCUT2D eigenvalue weighted by Gasteiger charge is -2.09. The molecule has 0 saturated carbocycles. The summed E-state index contributed by atoms with van der Waals surface area (Å²) in [4.78, 5) is 11.1. The molecule has 1 unspecified atom stereocenters. The van der Waals surface area contributed by atoms with E-state index in [0.29, 0.717) is 6.54 Å². The van der Waals surface area contributed by atoms with Gasteiger partial charge in [0, 0.05) is 6.54 Å². The minimum atomic E-state index is -0.0906. The van der Waals surface area contributed by atoms with Gasteiger partial charge in [-0.15, -0.1) is 0 Å². The molecule has 2 aromatic rings. The highest BCUT2D eigenvalue weighted by Crippen LogP contribution is 2.22. The van der Waals surface area contributed by atoms with Crippen LogP contribution >= 0.6 is 0 Å². The number of rotatable bonds is 2. The largest absolute Gasteiger partial charge is 0.336 e. The zero-order valence-electron chi connectivity index (χ0n) is 9.89. The first kappa shape index (κ1) is 10.8. The van der Waals surface area contributed by atoms with Gasteiger partial charge < -0.3 is 10.6 Å². The van der Waals surface area contributed by atoms with Gasteiger partial charge in [-0.25, -0.2) is 4.79 Å². The third-order valence-electron chi connectivity index (χ3n) is 3.19. The molecule has 2 N–H and O–H groups in total. The Hall–Kier alpha value is -2.29. The van der Waals surface area contributed by atoms with Crippen molar-refractivity contribution in [1.82, 2.24) is 10.6 Å². The van der Waals surface area contributed by atoms with Gasteiger partial charge in [0.05, 0.1) is 6.04 Å². The van der Waals surface area contributed by atoms with Gasteiger partial charge in [-0.1, -0.05) is 54.6 Å². The van der Waals surface area contributed by atoms with Crippen molar-refractivity contribution < 1.29 is 4.79 Å². The standard InChI is InChI=1S/C15H14N2O/c18-15-16-10-14(17-15)13-8-6-12(7-9-13)11-4-2-1-3-5-11/h1-9,14H,10H2,(H2,16,17,18). The Balaban J connectivity index is 1.83. The third kappa shape index (κ3) is 2.07. The van der Waals surface area contributed by atoms with Gasteiger partial charge in [0.15, 0.2) is 0 Å². The Morgan fingerprint density at radius 3 is 2.17 bits per heavy atom. The maximum atomic E-state index is 11.1. The second-order valence-electron chi connectivity index (χ2n) is 4.39.